The molecule has 0 saturated carbocycles. The zero-order valence-electron chi connectivity index (χ0n) is 10.2. The van der Waals surface area contributed by atoms with E-state index in [-0.39, 0.29) is 24.2 Å². The van der Waals surface area contributed by atoms with Gasteiger partial charge in [0.1, 0.15) is 11.8 Å². The number of carboxylic acid groups (broad SMARTS) is 2. The lowest BCUT2D eigenvalue weighted by atomic mass is 10.1. The number of amides is 1. The summed E-state index contributed by atoms with van der Waals surface area (Å²) in [5.74, 6) is -3.52. The van der Waals surface area contributed by atoms with Crippen LogP contribution in [0.4, 0.5) is 0 Å². The van der Waals surface area contributed by atoms with Crippen LogP contribution < -0.4 is 5.32 Å². The average Bonchev–Trinajstić information content (AvgIpc) is 2.36. The maximum Gasteiger partial charge on any atom is 0.326 e. The van der Waals surface area contributed by atoms with Crippen molar-refractivity contribution < 1.29 is 29.7 Å². The first-order valence-corrected chi connectivity index (χ1v) is 6.63. The van der Waals surface area contributed by atoms with E-state index >= 15 is 0 Å². The number of phenolic OH excluding ortho intramolecular Hbond substituents is 1. The van der Waals surface area contributed by atoms with Crippen molar-refractivity contribution in [1.29, 1.82) is 0 Å². The normalized spacial score (nSPS) is 11.7. The summed E-state index contributed by atoms with van der Waals surface area (Å²) >= 11 is 1.94. The fourth-order valence-electron chi connectivity index (χ4n) is 1.45. The molecule has 108 valence electrons. The fraction of sp³-hybridized carbons (Fsp3) is 0.250. The lowest BCUT2D eigenvalue weighted by molar-refractivity contribution is -0.140. The summed E-state index contributed by atoms with van der Waals surface area (Å²) in [6.07, 6.45) is -0.614. The van der Waals surface area contributed by atoms with E-state index in [1.807, 2.05) is 22.6 Å². The van der Waals surface area contributed by atoms with Crippen LogP contribution in [-0.4, -0.2) is 39.2 Å². The number of benzene rings is 1. The largest absolute Gasteiger partial charge is 0.507 e. The number of carbonyl (C=O) groups excluding carboxylic acids is 1. The second-order valence-electron chi connectivity index (χ2n) is 3.96. The minimum absolute atomic E-state index is 0.0570. The quantitative estimate of drug-likeness (QED) is 0.536. The first kappa shape index (κ1) is 16.2. The van der Waals surface area contributed by atoms with Gasteiger partial charge < -0.3 is 20.6 Å². The summed E-state index contributed by atoms with van der Waals surface area (Å²) in [5.41, 5.74) is -0.0570. The Morgan fingerprint density at radius 3 is 2.45 bits per heavy atom. The highest BCUT2D eigenvalue weighted by atomic mass is 127. The first-order valence-electron chi connectivity index (χ1n) is 5.55. The highest BCUT2D eigenvalue weighted by Crippen LogP contribution is 2.19. The molecule has 1 rings (SSSR count). The number of carbonyl (C=O) groups is 3. The summed E-state index contributed by atoms with van der Waals surface area (Å²) in [6, 6.07) is 2.99. The van der Waals surface area contributed by atoms with Crippen LogP contribution in [0.25, 0.3) is 0 Å². The van der Waals surface area contributed by atoms with Crippen molar-refractivity contribution in [2.24, 2.45) is 0 Å². The minimum atomic E-state index is -1.33. The molecule has 1 aromatic carbocycles. The van der Waals surface area contributed by atoms with Gasteiger partial charge >= 0.3 is 11.9 Å². The zero-order valence-corrected chi connectivity index (χ0v) is 12.3. The van der Waals surface area contributed by atoms with Gasteiger partial charge in [-0.15, -0.1) is 0 Å². The Morgan fingerprint density at radius 2 is 1.90 bits per heavy atom. The molecule has 0 aliphatic rings. The Bertz CT molecular complexity index is 545. The molecule has 1 atom stereocenters. The van der Waals surface area contributed by atoms with Crippen LogP contribution in [0.15, 0.2) is 18.2 Å². The highest BCUT2D eigenvalue weighted by molar-refractivity contribution is 14.1. The molecule has 1 amide bonds. The number of aromatic hydroxyl groups is 1. The number of hydrogen-bond donors (Lipinski definition) is 4. The number of rotatable bonds is 6. The van der Waals surface area contributed by atoms with Gasteiger partial charge in [0.05, 0.1) is 5.56 Å². The van der Waals surface area contributed by atoms with E-state index in [4.69, 9.17) is 10.2 Å². The maximum absolute atomic E-state index is 11.9. The molecule has 0 saturated heterocycles. The molecule has 4 N–H and O–H groups in total. The minimum Gasteiger partial charge on any atom is -0.507 e. The Labute approximate surface area is 127 Å². The van der Waals surface area contributed by atoms with Crippen molar-refractivity contribution in [3.63, 3.8) is 0 Å². The topological polar surface area (TPSA) is 124 Å². The standard InChI is InChI=1S/C12H12INO6/c13-6-1-3-9(15)7(5-6)11(18)14-8(12(19)20)2-4-10(16)17/h1,3,5,8,15H,2,4H2,(H,14,18)(H,16,17)(H,19,20). The fourth-order valence-corrected chi connectivity index (χ4v) is 1.94. The van der Waals surface area contributed by atoms with Crippen molar-refractivity contribution in [2.45, 2.75) is 18.9 Å². The van der Waals surface area contributed by atoms with Crippen molar-refractivity contribution in [3.05, 3.63) is 27.3 Å². The molecule has 7 nitrogen and oxygen atoms in total. The van der Waals surface area contributed by atoms with Gasteiger partial charge in [-0.1, -0.05) is 0 Å². The van der Waals surface area contributed by atoms with Crippen LogP contribution in [0.2, 0.25) is 0 Å². The highest BCUT2D eigenvalue weighted by Gasteiger charge is 2.23. The number of carboxylic acids is 2. The molecule has 1 unspecified atom stereocenters. The van der Waals surface area contributed by atoms with E-state index in [0.29, 0.717) is 3.57 Å². The lowest BCUT2D eigenvalue weighted by Gasteiger charge is -2.14. The third-order valence-electron chi connectivity index (χ3n) is 2.45. The van der Waals surface area contributed by atoms with E-state index in [1.54, 1.807) is 6.07 Å². The molecule has 0 radical (unpaired) electrons. The van der Waals surface area contributed by atoms with Gasteiger partial charge in [-0.05, 0) is 47.2 Å². The van der Waals surface area contributed by atoms with Crippen molar-refractivity contribution >= 4 is 40.4 Å². The molecule has 0 aliphatic carbocycles. The summed E-state index contributed by atoms with van der Waals surface area (Å²) in [5, 5.41) is 29.2. The summed E-state index contributed by atoms with van der Waals surface area (Å²) < 4.78 is 0.697. The SMILES string of the molecule is O=C(O)CCC(NC(=O)c1cc(I)ccc1O)C(=O)O. The Morgan fingerprint density at radius 1 is 1.25 bits per heavy atom. The average molecular weight is 393 g/mol. The van der Waals surface area contributed by atoms with E-state index < -0.39 is 23.9 Å². The lowest BCUT2D eigenvalue weighted by Crippen LogP contribution is -2.41. The summed E-state index contributed by atoms with van der Waals surface area (Å²) in [4.78, 5) is 33.3. The zero-order chi connectivity index (χ0) is 15.3. The molecule has 0 aromatic heterocycles. The van der Waals surface area contributed by atoms with E-state index in [0.717, 1.165) is 0 Å². The Balaban J connectivity index is 2.82. The Kier molecular flexibility index (Phi) is 5.74. The van der Waals surface area contributed by atoms with Gasteiger partial charge in [-0.25, -0.2) is 4.79 Å². The van der Waals surface area contributed by atoms with Crippen LogP contribution in [0, 0.1) is 3.57 Å². The van der Waals surface area contributed by atoms with E-state index in [2.05, 4.69) is 5.32 Å². The molecule has 0 aliphatic heterocycles. The molecule has 0 spiro atoms. The molecule has 1 aromatic rings. The van der Waals surface area contributed by atoms with Gasteiger partial charge in [0.15, 0.2) is 0 Å². The number of hydrogen-bond acceptors (Lipinski definition) is 4. The second-order valence-corrected chi connectivity index (χ2v) is 5.20. The maximum atomic E-state index is 11.9. The molecular weight excluding hydrogens is 381 g/mol. The number of phenols is 1. The summed E-state index contributed by atoms with van der Waals surface area (Å²) in [6.45, 7) is 0. The van der Waals surface area contributed by atoms with Gasteiger partial charge in [-0.3, -0.25) is 9.59 Å². The third-order valence-corrected chi connectivity index (χ3v) is 3.12. The van der Waals surface area contributed by atoms with Crippen LogP contribution in [0.1, 0.15) is 23.2 Å². The van der Waals surface area contributed by atoms with Crippen molar-refractivity contribution in [1.82, 2.24) is 5.32 Å². The molecule has 20 heavy (non-hydrogen) atoms. The van der Waals surface area contributed by atoms with Crippen LogP contribution in [-0.2, 0) is 9.59 Å². The second kappa shape index (κ2) is 7.08. The van der Waals surface area contributed by atoms with Crippen molar-refractivity contribution in [3.8, 4) is 5.75 Å². The van der Waals surface area contributed by atoms with Crippen LogP contribution in [0.3, 0.4) is 0 Å². The molecule has 8 heteroatoms. The number of halogens is 1. The molecular formula is C12H12INO6. The van der Waals surface area contributed by atoms with E-state index in [9.17, 15) is 19.5 Å². The molecule has 0 bridgehead atoms. The van der Waals surface area contributed by atoms with Gasteiger partial charge in [0, 0.05) is 9.99 Å². The van der Waals surface area contributed by atoms with E-state index in [1.165, 1.54) is 12.1 Å². The smallest absolute Gasteiger partial charge is 0.326 e. The Hall–Kier alpha value is -1.84. The van der Waals surface area contributed by atoms with Gasteiger partial charge in [-0.2, -0.15) is 0 Å². The number of aliphatic carboxylic acids is 2. The predicted octanol–water partition coefficient (Wildman–Crippen LogP) is 1.04. The summed E-state index contributed by atoms with van der Waals surface area (Å²) in [7, 11) is 0. The van der Waals surface area contributed by atoms with Crippen LogP contribution in [0.5, 0.6) is 5.75 Å². The number of nitrogens with one attached hydrogen (secondary N) is 1. The van der Waals surface area contributed by atoms with Crippen LogP contribution >= 0.6 is 22.6 Å². The third kappa shape index (κ3) is 4.68. The molecule has 0 fully saturated rings. The molecule has 0 heterocycles. The predicted molar refractivity (Wildman–Crippen MR) is 76.6 cm³/mol. The van der Waals surface area contributed by atoms with Gasteiger partial charge in [0.2, 0.25) is 0 Å². The van der Waals surface area contributed by atoms with Gasteiger partial charge in [0.25, 0.3) is 5.91 Å². The van der Waals surface area contributed by atoms with Crippen molar-refractivity contribution in [2.75, 3.05) is 0 Å². The monoisotopic (exact) mass is 393 g/mol. The first-order chi connectivity index (χ1) is 9.31.